The molecule has 0 spiro atoms. The summed E-state index contributed by atoms with van der Waals surface area (Å²) in [5.74, 6) is -0.0300. The zero-order chi connectivity index (χ0) is 15.5. The Morgan fingerprint density at radius 1 is 1.10 bits per heavy atom. The van der Waals surface area contributed by atoms with Gasteiger partial charge in [0, 0.05) is 23.8 Å². The molecule has 0 fully saturated rings. The second kappa shape index (κ2) is 6.60. The lowest BCUT2D eigenvalue weighted by Gasteiger charge is -2.17. The molecule has 0 atom stereocenters. The number of nitrogens with zero attached hydrogens (tertiary/aromatic N) is 1. The minimum absolute atomic E-state index is 0.0300. The van der Waals surface area contributed by atoms with E-state index in [1.165, 1.54) is 4.31 Å². The van der Waals surface area contributed by atoms with Gasteiger partial charge in [-0.15, -0.1) is 0 Å². The van der Waals surface area contributed by atoms with E-state index in [0.717, 1.165) is 15.6 Å². The molecule has 2 rings (SSSR count). The number of sulfonamides is 1. The monoisotopic (exact) mass is 368 g/mol. The molecule has 0 unspecified atom stereocenters. The maximum Gasteiger partial charge on any atom is 0.218 e. The number of rotatable bonds is 5. The van der Waals surface area contributed by atoms with Crippen molar-refractivity contribution in [2.45, 2.75) is 12.3 Å². The van der Waals surface area contributed by atoms with Crippen LogP contribution < -0.4 is 5.73 Å². The molecule has 6 heteroatoms. The van der Waals surface area contributed by atoms with Crippen molar-refractivity contribution < 1.29 is 8.42 Å². The van der Waals surface area contributed by atoms with Crippen LogP contribution in [0.25, 0.3) is 0 Å². The van der Waals surface area contributed by atoms with Gasteiger partial charge >= 0.3 is 0 Å². The SMILES string of the molecule is CN(Cc1cccc(Br)c1)S(=O)(=O)Cc1ccc(N)cc1. The average Bonchev–Trinajstić information content (AvgIpc) is 2.41. The third-order valence-electron chi connectivity index (χ3n) is 3.10. The molecule has 0 bridgehead atoms. The summed E-state index contributed by atoms with van der Waals surface area (Å²) in [4.78, 5) is 0. The van der Waals surface area contributed by atoms with Crippen LogP contribution >= 0.6 is 15.9 Å². The molecule has 0 radical (unpaired) electrons. The van der Waals surface area contributed by atoms with E-state index in [4.69, 9.17) is 5.73 Å². The molecule has 2 aromatic rings. The van der Waals surface area contributed by atoms with Crippen molar-refractivity contribution in [2.75, 3.05) is 12.8 Å². The van der Waals surface area contributed by atoms with Crippen LogP contribution in [-0.2, 0) is 22.3 Å². The third kappa shape index (κ3) is 4.56. The van der Waals surface area contributed by atoms with Crippen LogP contribution in [0.1, 0.15) is 11.1 Å². The number of nitrogens with two attached hydrogens (primary N) is 1. The van der Waals surface area contributed by atoms with Gasteiger partial charge < -0.3 is 5.73 Å². The number of anilines is 1. The molecule has 2 N–H and O–H groups in total. The predicted molar refractivity (Wildman–Crippen MR) is 89.1 cm³/mol. The second-order valence-corrected chi connectivity index (χ2v) is 7.88. The first-order chi connectivity index (χ1) is 9.87. The molecule has 21 heavy (non-hydrogen) atoms. The summed E-state index contributed by atoms with van der Waals surface area (Å²) in [6.07, 6.45) is 0. The Balaban J connectivity index is 2.09. The molecule has 0 aliphatic heterocycles. The van der Waals surface area contributed by atoms with Crippen molar-refractivity contribution in [1.82, 2.24) is 4.31 Å². The van der Waals surface area contributed by atoms with Gasteiger partial charge in [-0.1, -0.05) is 40.2 Å². The van der Waals surface area contributed by atoms with E-state index in [-0.39, 0.29) is 5.75 Å². The summed E-state index contributed by atoms with van der Waals surface area (Å²) in [6.45, 7) is 0.344. The predicted octanol–water partition coefficient (Wildman–Crippen LogP) is 2.99. The van der Waals surface area contributed by atoms with Gasteiger partial charge in [-0.05, 0) is 35.4 Å². The van der Waals surface area contributed by atoms with Gasteiger partial charge in [-0.3, -0.25) is 0 Å². The molecule has 0 heterocycles. The van der Waals surface area contributed by atoms with Gasteiger partial charge in [0.2, 0.25) is 10.0 Å². The van der Waals surface area contributed by atoms with Crippen molar-refractivity contribution in [3.63, 3.8) is 0 Å². The Bertz CT molecular complexity index is 715. The van der Waals surface area contributed by atoms with Crippen LogP contribution in [0.3, 0.4) is 0 Å². The maximum atomic E-state index is 12.4. The highest BCUT2D eigenvalue weighted by Crippen LogP contribution is 2.17. The maximum absolute atomic E-state index is 12.4. The lowest BCUT2D eigenvalue weighted by atomic mass is 10.2. The van der Waals surface area contributed by atoms with E-state index < -0.39 is 10.0 Å². The highest BCUT2D eigenvalue weighted by atomic mass is 79.9. The fourth-order valence-corrected chi connectivity index (χ4v) is 3.55. The van der Waals surface area contributed by atoms with Crippen molar-refractivity contribution in [3.8, 4) is 0 Å². The molecule has 0 aliphatic carbocycles. The van der Waals surface area contributed by atoms with Crippen molar-refractivity contribution in [3.05, 3.63) is 64.1 Å². The van der Waals surface area contributed by atoms with Crippen LogP contribution in [0.4, 0.5) is 5.69 Å². The normalized spacial score (nSPS) is 11.8. The van der Waals surface area contributed by atoms with Crippen LogP contribution in [0.5, 0.6) is 0 Å². The molecule has 2 aromatic carbocycles. The summed E-state index contributed by atoms with van der Waals surface area (Å²) in [6, 6.07) is 14.5. The molecule has 0 amide bonds. The van der Waals surface area contributed by atoms with Crippen molar-refractivity contribution in [1.29, 1.82) is 0 Å². The first kappa shape index (κ1) is 16.0. The molecule has 112 valence electrons. The summed E-state index contributed by atoms with van der Waals surface area (Å²) in [5, 5.41) is 0. The van der Waals surface area contributed by atoms with Gasteiger partial charge in [0.05, 0.1) is 5.75 Å². The van der Waals surface area contributed by atoms with Gasteiger partial charge in [-0.25, -0.2) is 12.7 Å². The Morgan fingerprint density at radius 2 is 1.76 bits per heavy atom. The lowest BCUT2D eigenvalue weighted by molar-refractivity contribution is 0.466. The van der Waals surface area contributed by atoms with Crippen LogP contribution in [0, 0.1) is 0 Å². The molecule has 4 nitrogen and oxygen atoms in total. The van der Waals surface area contributed by atoms with E-state index in [1.54, 1.807) is 31.3 Å². The minimum Gasteiger partial charge on any atom is -0.399 e. The minimum atomic E-state index is -3.36. The van der Waals surface area contributed by atoms with Gasteiger partial charge in [0.25, 0.3) is 0 Å². The Labute approximate surface area is 133 Å². The average molecular weight is 369 g/mol. The second-order valence-electron chi connectivity index (χ2n) is 4.88. The first-order valence-electron chi connectivity index (χ1n) is 6.40. The lowest BCUT2D eigenvalue weighted by Crippen LogP contribution is -2.27. The topological polar surface area (TPSA) is 63.4 Å². The number of nitrogen functional groups attached to an aromatic ring is 1. The number of hydrogen-bond acceptors (Lipinski definition) is 3. The number of hydrogen-bond donors (Lipinski definition) is 1. The van der Waals surface area contributed by atoms with Gasteiger partial charge in [0.15, 0.2) is 0 Å². The highest BCUT2D eigenvalue weighted by Gasteiger charge is 2.18. The molecule has 0 aliphatic rings. The molecular weight excluding hydrogens is 352 g/mol. The van der Waals surface area contributed by atoms with Crippen LogP contribution in [0.2, 0.25) is 0 Å². The van der Waals surface area contributed by atoms with Crippen LogP contribution in [0.15, 0.2) is 53.0 Å². The quantitative estimate of drug-likeness (QED) is 0.825. The van der Waals surface area contributed by atoms with E-state index in [2.05, 4.69) is 15.9 Å². The Kier molecular flexibility index (Phi) is 5.03. The number of benzene rings is 2. The largest absolute Gasteiger partial charge is 0.399 e. The van der Waals surface area contributed by atoms with E-state index in [0.29, 0.717) is 12.2 Å². The molecule has 0 aromatic heterocycles. The summed E-state index contributed by atoms with van der Waals surface area (Å²) in [7, 11) is -1.77. The number of halogens is 1. The summed E-state index contributed by atoms with van der Waals surface area (Å²) >= 11 is 3.38. The molecular formula is C15H17BrN2O2S. The van der Waals surface area contributed by atoms with E-state index in [9.17, 15) is 8.42 Å². The van der Waals surface area contributed by atoms with Crippen LogP contribution in [-0.4, -0.2) is 19.8 Å². The van der Waals surface area contributed by atoms with E-state index >= 15 is 0 Å². The van der Waals surface area contributed by atoms with Crippen molar-refractivity contribution >= 4 is 31.6 Å². The fraction of sp³-hybridized carbons (Fsp3) is 0.200. The Hall–Kier alpha value is -1.37. The zero-order valence-electron chi connectivity index (χ0n) is 11.7. The standard InChI is InChI=1S/C15H17BrN2O2S/c1-18(10-13-3-2-4-14(16)9-13)21(19,20)11-12-5-7-15(17)8-6-12/h2-9H,10-11,17H2,1H3. The Morgan fingerprint density at radius 3 is 2.38 bits per heavy atom. The summed E-state index contributed by atoms with van der Waals surface area (Å²) in [5.41, 5.74) is 7.89. The smallest absolute Gasteiger partial charge is 0.218 e. The zero-order valence-corrected chi connectivity index (χ0v) is 14.1. The fourth-order valence-electron chi connectivity index (χ4n) is 1.93. The summed E-state index contributed by atoms with van der Waals surface area (Å²) < 4.78 is 27.0. The van der Waals surface area contributed by atoms with Crippen molar-refractivity contribution in [2.24, 2.45) is 0 Å². The molecule has 0 saturated carbocycles. The van der Waals surface area contributed by atoms with E-state index in [1.807, 2.05) is 24.3 Å². The van der Waals surface area contributed by atoms with Gasteiger partial charge in [-0.2, -0.15) is 0 Å². The van der Waals surface area contributed by atoms with Gasteiger partial charge in [0.1, 0.15) is 0 Å². The third-order valence-corrected chi connectivity index (χ3v) is 5.37. The highest BCUT2D eigenvalue weighted by molar-refractivity contribution is 9.10. The molecule has 0 saturated heterocycles. The first-order valence-corrected chi connectivity index (χ1v) is 8.80.